The van der Waals surface area contributed by atoms with Crippen LogP contribution in [0.4, 0.5) is 5.69 Å². The van der Waals surface area contributed by atoms with Crippen LogP contribution < -0.4 is 5.32 Å². The highest BCUT2D eigenvalue weighted by molar-refractivity contribution is 5.89. The molecule has 0 aliphatic rings. The number of aliphatic carboxylic acids is 1. The van der Waals surface area contributed by atoms with Crippen molar-refractivity contribution in [3.63, 3.8) is 0 Å². The van der Waals surface area contributed by atoms with Gasteiger partial charge in [-0.25, -0.2) is 4.79 Å². The molecule has 0 heterocycles. The number of carboxylic acids is 1. The van der Waals surface area contributed by atoms with Gasteiger partial charge >= 0.3 is 17.9 Å². The highest BCUT2D eigenvalue weighted by Gasteiger charge is 2.08. The second-order valence-electron chi connectivity index (χ2n) is 5.81. The number of carboxylic acid groups (broad SMARTS) is 1. The lowest BCUT2D eigenvalue weighted by atomic mass is 10.2. The first-order valence-electron chi connectivity index (χ1n) is 8.91. The van der Waals surface area contributed by atoms with Gasteiger partial charge in [-0.15, -0.1) is 0 Å². The average molecular weight is 365 g/mol. The lowest BCUT2D eigenvalue weighted by Gasteiger charge is -2.08. The molecule has 0 saturated heterocycles. The quantitative estimate of drug-likeness (QED) is 0.409. The molecule has 0 atom stereocenters. The van der Waals surface area contributed by atoms with Gasteiger partial charge in [0, 0.05) is 25.1 Å². The highest BCUT2D eigenvalue weighted by Crippen LogP contribution is 2.11. The Morgan fingerprint density at radius 2 is 1.62 bits per heavy atom. The maximum Gasteiger partial charge on any atom is 0.338 e. The van der Waals surface area contributed by atoms with Crippen LogP contribution in [0.1, 0.15) is 55.8 Å². The molecule has 1 aromatic carbocycles. The first-order valence-corrected chi connectivity index (χ1v) is 8.91. The fraction of sp³-hybridized carbons (Fsp3) is 0.526. The molecule has 0 aliphatic heterocycles. The minimum Gasteiger partial charge on any atom is -0.481 e. The van der Waals surface area contributed by atoms with Crippen LogP contribution in [0.15, 0.2) is 24.3 Å². The SMILES string of the molecule is CCCCNc1ccc(C(=O)OCCOC(=O)CCCCC(=O)O)cc1. The number of nitrogens with one attached hydrogen (secondary N) is 1. The molecular formula is C19H27NO6. The minimum absolute atomic E-state index is 0.0137. The molecule has 0 unspecified atom stereocenters. The normalized spacial score (nSPS) is 10.2. The Balaban J connectivity index is 2.17. The lowest BCUT2D eigenvalue weighted by Crippen LogP contribution is -2.14. The van der Waals surface area contributed by atoms with Gasteiger partial charge in [-0.1, -0.05) is 13.3 Å². The number of carbonyl (C=O) groups is 3. The standard InChI is InChI=1S/C19H27NO6/c1-2-3-12-20-16-10-8-15(9-11-16)19(24)26-14-13-25-18(23)7-5-4-6-17(21)22/h8-11,20H,2-7,12-14H2,1H3,(H,21,22). The summed E-state index contributed by atoms with van der Waals surface area (Å²) in [6.45, 7) is 2.98. The summed E-state index contributed by atoms with van der Waals surface area (Å²) < 4.78 is 10.00. The molecule has 1 aromatic rings. The van der Waals surface area contributed by atoms with Gasteiger partial charge in [-0.2, -0.15) is 0 Å². The molecule has 0 fully saturated rings. The van der Waals surface area contributed by atoms with Gasteiger partial charge in [-0.05, 0) is 43.5 Å². The molecule has 0 amide bonds. The summed E-state index contributed by atoms with van der Waals surface area (Å²) in [5, 5.41) is 11.8. The Labute approximate surface area is 153 Å². The number of carbonyl (C=O) groups excluding carboxylic acids is 2. The van der Waals surface area contributed by atoms with Crippen LogP contribution in [0.5, 0.6) is 0 Å². The van der Waals surface area contributed by atoms with Crippen molar-refractivity contribution in [1.29, 1.82) is 0 Å². The van der Waals surface area contributed by atoms with E-state index >= 15 is 0 Å². The fourth-order valence-electron chi connectivity index (χ4n) is 2.12. The minimum atomic E-state index is -0.880. The number of benzene rings is 1. The molecule has 0 bridgehead atoms. The zero-order valence-corrected chi connectivity index (χ0v) is 15.2. The lowest BCUT2D eigenvalue weighted by molar-refractivity contribution is -0.145. The fourth-order valence-corrected chi connectivity index (χ4v) is 2.12. The molecule has 7 heteroatoms. The second kappa shape index (κ2) is 12.7. The van der Waals surface area contributed by atoms with E-state index in [1.165, 1.54) is 0 Å². The summed E-state index contributed by atoms with van der Waals surface area (Å²) in [5.41, 5.74) is 1.39. The van der Waals surface area contributed by atoms with Gasteiger partial charge in [-0.3, -0.25) is 9.59 Å². The third-order valence-electron chi connectivity index (χ3n) is 3.58. The number of hydrogen-bond acceptors (Lipinski definition) is 6. The van der Waals surface area contributed by atoms with Crippen LogP contribution in [-0.2, 0) is 19.1 Å². The number of ether oxygens (including phenoxy) is 2. The zero-order valence-electron chi connectivity index (χ0n) is 15.2. The summed E-state index contributed by atoms with van der Waals surface area (Å²) in [4.78, 5) is 33.7. The summed E-state index contributed by atoms with van der Waals surface area (Å²) in [6.07, 6.45) is 3.30. The Hall–Kier alpha value is -2.57. The van der Waals surface area contributed by atoms with Gasteiger partial charge < -0.3 is 19.9 Å². The van der Waals surface area contributed by atoms with E-state index < -0.39 is 17.9 Å². The number of anilines is 1. The summed E-state index contributed by atoms with van der Waals surface area (Å²) in [5.74, 6) is -1.77. The van der Waals surface area contributed by atoms with Crippen molar-refractivity contribution in [2.24, 2.45) is 0 Å². The molecule has 26 heavy (non-hydrogen) atoms. The van der Waals surface area contributed by atoms with E-state index in [-0.39, 0.29) is 26.1 Å². The van der Waals surface area contributed by atoms with Crippen LogP contribution in [0.2, 0.25) is 0 Å². The van der Waals surface area contributed by atoms with Crippen molar-refractivity contribution >= 4 is 23.6 Å². The first-order chi connectivity index (χ1) is 12.5. The van der Waals surface area contributed by atoms with Gasteiger partial charge in [0.15, 0.2) is 0 Å². The largest absolute Gasteiger partial charge is 0.481 e. The zero-order chi connectivity index (χ0) is 19.2. The third kappa shape index (κ3) is 9.66. The molecule has 0 spiro atoms. The van der Waals surface area contributed by atoms with E-state index in [1.807, 2.05) is 12.1 Å². The van der Waals surface area contributed by atoms with Crippen LogP contribution in [0.25, 0.3) is 0 Å². The van der Waals surface area contributed by atoms with E-state index in [4.69, 9.17) is 14.6 Å². The Bertz CT molecular complexity index is 570. The molecule has 0 saturated carbocycles. The van der Waals surface area contributed by atoms with Crippen LogP contribution in [-0.4, -0.2) is 42.8 Å². The van der Waals surface area contributed by atoms with Crippen LogP contribution in [0, 0.1) is 0 Å². The second-order valence-corrected chi connectivity index (χ2v) is 5.81. The molecule has 0 radical (unpaired) electrons. The number of hydrogen-bond donors (Lipinski definition) is 2. The Morgan fingerprint density at radius 1 is 0.962 bits per heavy atom. The van der Waals surface area contributed by atoms with Crippen molar-refractivity contribution in [3.05, 3.63) is 29.8 Å². The van der Waals surface area contributed by atoms with Crippen molar-refractivity contribution in [3.8, 4) is 0 Å². The molecular weight excluding hydrogens is 338 g/mol. The first kappa shape index (κ1) is 21.5. The van der Waals surface area contributed by atoms with E-state index in [0.29, 0.717) is 18.4 Å². The number of esters is 2. The number of unbranched alkanes of at least 4 members (excludes halogenated alkanes) is 2. The molecule has 7 nitrogen and oxygen atoms in total. The highest BCUT2D eigenvalue weighted by atomic mass is 16.6. The predicted molar refractivity (Wildman–Crippen MR) is 97.2 cm³/mol. The third-order valence-corrected chi connectivity index (χ3v) is 3.58. The van der Waals surface area contributed by atoms with Crippen molar-refractivity contribution < 1.29 is 29.0 Å². The Kier molecular flexibility index (Phi) is 10.5. The maximum atomic E-state index is 11.9. The molecule has 0 aliphatic carbocycles. The topological polar surface area (TPSA) is 102 Å². The summed E-state index contributed by atoms with van der Waals surface area (Å²) in [6, 6.07) is 7.02. The van der Waals surface area contributed by atoms with Crippen molar-refractivity contribution in [2.75, 3.05) is 25.1 Å². The Morgan fingerprint density at radius 3 is 2.27 bits per heavy atom. The molecule has 1 rings (SSSR count). The van der Waals surface area contributed by atoms with E-state index in [2.05, 4.69) is 12.2 Å². The molecule has 0 aromatic heterocycles. The van der Waals surface area contributed by atoms with E-state index in [9.17, 15) is 14.4 Å². The number of rotatable bonds is 13. The van der Waals surface area contributed by atoms with Gasteiger partial charge in [0.25, 0.3) is 0 Å². The maximum absolute atomic E-state index is 11.9. The summed E-state index contributed by atoms with van der Waals surface area (Å²) in [7, 11) is 0. The van der Waals surface area contributed by atoms with Gasteiger partial charge in [0.2, 0.25) is 0 Å². The van der Waals surface area contributed by atoms with Crippen molar-refractivity contribution in [2.45, 2.75) is 45.4 Å². The van der Waals surface area contributed by atoms with Crippen molar-refractivity contribution in [1.82, 2.24) is 0 Å². The van der Waals surface area contributed by atoms with Crippen LogP contribution >= 0.6 is 0 Å². The molecule has 2 N–H and O–H groups in total. The summed E-state index contributed by atoms with van der Waals surface area (Å²) >= 11 is 0. The monoisotopic (exact) mass is 365 g/mol. The van der Waals surface area contributed by atoms with E-state index in [1.54, 1.807) is 12.1 Å². The predicted octanol–water partition coefficient (Wildman–Crippen LogP) is 3.24. The smallest absolute Gasteiger partial charge is 0.338 e. The van der Waals surface area contributed by atoms with E-state index in [0.717, 1.165) is 25.1 Å². The average Bonchev–Trinajstić information content (AvgIpc) is 2.63. The van der Waals surface area contributed by atoms with Gasteiger partial charge in [0.05, 0.1) is 5.56 Å². The van der Waals surface area contributed by atoms with Crippen LogP contribution in [0.3, 0.4) is 0 Å². The van der Waals surface area contributed by atoms with Gasteiger partial charge in [0.1, 0.15) is 13.2 Å². The molecule has 144 valence electrons.